The molecule has 0 atom stereocenters. The van der Waals surface area contributed by atoms with Gasteiger partial charge in [0, 0.05) is 17.6 Å². The number of carbonyl (C=O) groups excluding carboxylic acids is 1. The highest BCUT2D eigenvalue weighted by atomic mass is 32.2. The molecule has 1 amide bonds. The van der Waals surface area contributed by atoms with Crippen LogP contribution in [0.1, 0.15) is 35.3 Å². The van der Waals surface area contributed by atoms with E-state index in [0.29, 0.717) is 5.16 Å². The zero-order valence-corrected chi connectivity index (χ0v) is 21.0. The van der Waals surface area contributed by atoms with Gasteiger partial charge < -0.3 is 4.90 Å². The Morgan fingerprint density at radius 1 is 1.06 bits per heavy atom. The summed E-state index contributed by atoms with van der Waals surface area (Å²) in [5.74, 6) is 0.157. The third-order valence-corrected chi connectivity index (χ3v) is 8.52. The number of fused-ring (bicyclic) bond motifs is 3. The molecule has 4 aromatic rings. The topological polar surface area (TPSA) is 55.2 Å². The summed E-state index contributed by atoms with van der Waals surface area (Å²) in [6, 6.07) is 17.5. The lowest BCUT2D eigenvalue weighted by molar-refractivity contribution is -0.115. The van der Waals surface area contributed by atoms with Crippen LogP contribution < -0.4 is 10.5 Å². The fourth-order valence-electron chi connectivity index (χ4n) is 4.51. The molecule has 0 radical (unpaired) electrons. The molecule has 2 aromatic heterocycles. The van der Waals surface area contributed by atoms with Crippen molar-refractivity contribution in [2.45, 2.75) is 44.2 Å². The number of benzene rings is 2. The van der Waals surface area contributed by atoms with E-state index in [9.17, 15) is 9.59 Å². The highest BCUT2D eigenvalue weighted by Crippen LogP contribution is 2.35. The molecular formula is C27H27N3O2S2. The van der Waals surface area contributed by atoms with E-state index in [1.165, 1.54) is 28.6 Å². The maximum absolute atomic E-state index is 14.0. The first-order chi connectivity index (χ1) is 16.5. The van der Waals surface area contributed by atoms with Crippen molar-refractivity contribution < 1.29 is 4.79 Å². The minimum absolute atomic E-state index is 0.0231. The van der Waals surface area contributed by atoms with Gasteiger partial charge in [0.1, 0.15) is 4.83 Å². The van der Waals surface area contributed by atoms with Crippen LogP contribution in [-0.2, 0) is 17.6 Å². The van der Waals surface area contributed by atoms with Gasteiger partial charge in [-0.05, 0) is 61.9 Å². The molecule has 0 unspecified atom stereocenters. The Morgan fingerprint density at radius 3 is 2.59 bits per heavy atom. The van der Waals surface area contributed by atoms with Crippen LogP contribution in [0.2, 0.25) is 0 Å². The van der Waals surface area contributed by atoms with Crippen molar-refractivity contribution in [3.05, 3.63) is 81.0 Å². The van der Waals surface area contributed by atoms with E-state index in [4.69, 9.17) is 4.98 Å². The fourth-order valence-corrected chi connectivity index (χ4v) is 6.73. The third kappa shape index (κ3) is 4.30. The molecule has 2 aromatic carbocycles. The van der Waals surface area contributed by atoms with Crippen LogP contribution in [0, 0.1) is 6.92 Å². The molecule has 0 bridgehead atoms. The average molecular weight is 490 g/mol. The minimum atomic E-state index is -0.0381. The number of nitrogens with zero attached hydrogens (tertiary/aromatic N) is 3. The Hall–Kier alpha value is -2.90. The second-order valence-corrected chi connectivity index (χ2v) is 10.7. The summed E-state index contributed by atoms with van der Waals surface area (Å²) in [6.45, 7) is 2.00. The molecule has 5 nitrogen and oxygen atoms in total. The van der Waals surface area contributed by atoms with Gasteiger partial charge in [-0.2, -0.15) is 0 Å². The number of anilines is 1. The number of thiophene rings is 1. The van der Waals surface area contributed by atoms with Crippen LogP contribution in [-0.4, -0.2) is 28.3 Å². The number of para-hydroxylation sites is 2. The van der Waals surface area contributed by atoms with Gasteiger partial charge in [-0.3, -0.25) is 14.2 Å². The predicted octanol–water partition coefficient (Wildman–Crippen LogP) is 5.78. The maximum Gasteiger partial charge on any atom is 0.267 e. The van der Waals surface area contributed by atoms with Gasteiger partial charge in [-0.1, -0.05) is 54.6 Å². The smallest absolute Gasteiger partial charge is 0.267 e. The molecule has 0 spiro atoms. The first kappa shape index (κ1) is 22.9. The number of amides is 1. The number of rotatable bonds is 5. The Kier molecular flexibility index (Phi) is 6.57. The lowest BCUT2D eigenvalue weighted by Gasteiger charge is -2.18. The molecule has 0 saturated heterocycles. The number of hydrogen-bond donors (Lipinski definition) is 0. The number of hydrogen-bond acceptors (Lipinski definition) is 5. The summed E-state index contributed by atoms with van der Waals surface area (Å²) >= 11 is 2.98. The second kappa shape index (κ2) is 9.76. The van der Waals surface area contributed by atoms with Gasteiger partial charge in [-0.25, -0.2) is 4.98 Å². The first-order valence-electron chi connectivity index (χ1n) is 11.6. The van der Waals surface area contributed by atoms with Crippen molar-refractivity contribution >= 4 is 44.9 Å². The van der Waals surface area contributed by atoms with Crippen molar-refractivity contribution in [1.82, 2.24) is 9.55 Å². The zero-order valence-electron chi connectivity index (χ0n) is 19.4. The van der Waals surface area contributed by atoms with E-state index >= 15 is 0 Å². The Balaban J connectivity index is 1.58. The molecule has 34 heavy (non-hydrogen) atoms. The normalized spacial score (nSPS) is 13.5. The fraction of sp³-hybridized carbons (Fsp3) is 0.296. The molecule has 2 heterocycles. The summed E-state index contributed by atoms with van der Waals surface area (Å²) in [6.07, 6.45) is 5.43. The summed E-state index contributed by atoms with van der Waals surface area (Å²) in [4.78, 5) is 35.7. The van der Waals surface area contributed by atoms with Crippen LogP contribution in [0.15, 0.2) is 64.5 Å². The van der Waals surface area contributed by atoms with Gasteiger partial charge in [0.2, 0.25) is 5.91 Å². The zero-order chi connectivity index (χ0) is 23.7. The standard InChI is InChI=1S/C27H27N3O2S2/c1-18-11-9-10-15-21(18)30-26(32)24-20-14-7-4-8-16-22(20)34-25(24)28-27(30)33-17-23(31)29(2)19-12-5-3-6-13-19/h3,5-6,9-13,15H,4,7-8,14,16-17H2,1-2H3. The van der Waals surface area contributed by atoms with E-state index in [1.54, 1.807) is 27.9 Å². The van der Waals surface area contributed by atoms with Crippen molar-refractivity contribution in [3.63, 3.8) is 0 Å². The van der Waals surface area contributed by atoms with E-state index in [0.717, 1.165) is 52.8 Å². The highest BCUT2D eigenvalue weighted by molar-refractivity contribution is 7.99. The molecule has 7 heteroatoms. The van der Waals surface area contributed by atoms with Gasteiger partial charge >= 0.3 is 0 Å². The molecule has 1 aliphatic rings. The summed E-state index contributed by atoms with van der Waals surface area (Å²) < 4.78 is 1.72. The quantitative estimate of drug-likeness (QED) is 0.203. The number of aromatic nitrogens is 2. The molecule has 5 rings (SSSR count). The Morgan fingerprint density at radius 2 is 1.79 bits per heavy atom. The van der Waals surface area contributed by atoms with Gasteiger partial charge in [0.05, 0.1) is 16.8 Å². The monoisotopic (exact) mass is 489 g/mol. The molecule has 1 aliphatic carbocycles. The predicted molar refractivity (Wildman–Crippen MR) is 142 cm³/mol. The van der Waals surface area contributed by atoms with Crippen LogP contribution >= 0.6 is 23.1 Å². The molecular weight excluding hydrogens is 462 g/mol. The molecule has 174 valence electrons. The molecule has 0 saturated carbocycles. The van der Waals surface area contributed by atoms with Crippen LogP contribution in [0.4, 0.5) is 5.69 Å². The van der Waals surface area contributed by atoms with Crippen LogP contribution in [0.25, 0.3) is 15.9 Å². The first-order valence-corrected chi connectivity index (χ1v) is 13.4. The SMILES string of the molecule is Cc1ccccc1-n1c(SCC(=O)N(C)c2ccccc2)nc2sc3c(c2c1=O)CCCCC3. The second-order valence-electron chi connectivity index (χ2n) is 8.64. The highest BCUT2D eigenvalue weighted by Gasteiger charge is 2.23. The Bertz CT molecular complexity index is 1410. The summed E-state index contributed by atoms with van der Waals surface area (Å²) in [7, 11) is 1.78. The lowest BCUT2D eigenvalue weighted by Crippen LogP contribution is -2.28. The van der Waals surface area contributed by atoms with E-state index < -0.39 is 0 Å². The maximum atomic E-state index is 14.0. The van der Waals surface area contributed by atoms with Crippen molar-refractivity contribution in [3.8, 4) is 5.69 Å². The van der Waals surface area contributed by atoms with Gasteiger partial charge in [0.15, 0.2) is 5.16 Å². The largest absolute Gasteiger partial charge is 0.315 e. The van der Waals surface area contributed by atoms with E-state index in [1.807, 2.05) is 61.5 Å². The van der Waals surface area contributed by atoms with Gasteiger partial charge in [0.25, 0.3) is 5.56 Å². The third-order valence-electron chi connectivity index (χ3n) is 6.41. The average Bonchev–Trinajstić information content (AvgIpc) is 3.04. The van der Waals surface area contributed by atoms with E-state index in [-0.39, 0.29) is 17.2 Å². The Labute approximate surface area is 207 Å². The van der Waals surface area contributed by atoms with Crippen LogP contribution in [0.5, 0.6) is 0 Å². The summed E-state index contributed by atoms with van der Waals surface area (Å²) in [5.41, 5.74) is 3.83. The summed E-state index contributed by atoms with van der Waals surface area (Å²) in [5, 5.41) is 1.33. The van der Waals surface area contributed by atoms with Crippen molar-refractivity contribution in [2.24, 2.45) is 0 Å². The molecule has 0 fully saturated rings. The van der Waals surface area contributed by atoms with Gasteiger partial charge in [-0.15, -0.1) is 11.3 Å². The van der Waals surface area contributed by atoms with Crippen LogP contribution in [0.3, 0.4) is 0 Å². The lowest BCUT2D eigenvalue weighted by atomic mass is 10.1. The molecule has 0 N–H and O–H groups in total. The number of aryl methyl sites for hydroxylation is 3. The minimum Gasteiger partial charge on any atom is -0.315 e. The van der Waals surface area contributed by atoms with Crippen molar-refractivity contribution in [2.75, 3.05) is 17.7 Å². The number of thioether (sulfide) groups is 1. The van der Waals surface area contributed by atoms with Crippen molar-refractivity contribution in [1.29, 1.82) is 0 Å². The molecule has 0 aliphatic heterocycles. The van der Waals surface area contributed by atoms with E-state index in [2.05, 4.69) is 0 Å². The number of carbonyl (C=O) groups is 1.